The van der Waals surface area contributed by atoms with Crippen molar-refractivity contribution in [3.8, 4) is 0 Å². The quantitative estimate of drug-likeness (QED) is 0.614. The number of benzene rings is 1. The van der Waals surface area contributed by atoms with E-state index in [1.54, 1.807) is 23.1 Å². The van der Waals surface area contributed by atoms with E-state index in [0.717, 1.165) is 0 Å². The van der Waals surface area contributed by atoms with Crippen LogP contribution in [0.2, 0.25) is 10.0 Å². The maximum atomic E-state index is 11.5. The first-order chi connectivity index (χ1) is 11.0. The molecule has 1 N–H and O–H groups in total. The molecule has 0 radical (unpaired) electrons. The van der Waals surface area contributed by atoms with Crippen LogP contribution in [0.1, 0.15) is 13.8 Å². The molecular formula is C14H15Cl2N5O2. The van der Waals surface area contributed by atoms with Crippen molar-refractivity contribution >= 4 is 46.2 Å². The molecule has 9 heteroatoms. The van der Waals surface area contributed by atoms with Gasteiger partial charge in [0.25, 0.3) is 0 Å². The standard InChI is InChI=1S/C14H15Cl2N5O2/c1-3-20(4-2)14-12(21(22)23)13(17-8-18-14)19-10-7-5-6-9(15)11(10)16/h5-8H,3-4H2,1-2H3,(H,17,18,19). The average molecular weight is 356 g/mol. The van der Waals surface area contributed by atoms with Gasteiger partial charge in [-0.2, -0.15) is 0 Å². The molecule has 7 nitrogen and oxygen atoms in total. The van der Waals surface area contributed by atoms with E-state index in [1.165, 1.54) is 6.33 Å². The predicted octanol–water partition coefficient (Wildman–Crippen LogP) is 4.28. The Labute approximate surface area is 143 Å². The SMILES string of the molecule is CCN(CC)c1ncnc(Nc2cccc(Cl)c2Cl)c1[N+](=O)[O-]. The Morgan fingerprint density at radius 1 is 1.26 bits per heavy atom. The summed E-state index contributed by atoms with van der Waals surface area (Å²) in [7, 11) is 0. The van der Waals surface area contributed by atoms with Gasteiger partial charge in [0, 0.05) is 13.1 Å². The van der Waals surface area contributed by atoms with E-state index in [1.807, 2.05) is 13.8 Å². The van der Waals surface area contributed by atoms with Crippen LogP contribution in [0.4, 0.5) is 23.0 Å². The number of halogens is 2. The van der Waals surface area contributed by atoms with Gasteiger partial charge in [0.15, 0.2) is 0 Å². The van der Waals surface area contributed by atoms with Crippen molar-refractivity contribution in [3.05, 3.63) is 44.7 Å². The van der Waals surface area contributed by atoms with Crippen LogP contribution in [0, 0.1) is 10.1 Å². The van der Waals surface area contributed by atoms with Crippen LogP contribution in [-0.2, 0) is 0 Å². The molecule has 0 aliphatic rings. The van der Waals surface area contributed by atoms with Crippen LogP contribution < -0.4 is 10.2 Å². The molecule has 122 valence electrons. The number of rotatable bonds is 6. The Bertz CT molecular complexity index is 722. The van der Waals surface area contributed by atoms with Gasteiger partial charge >= 0.3 is 5.69 Å². The lowest BCUT2D eigenvalue weighted by Gasteiger charge is -2.20. The van der Waals surface area contributed by atoms with Crippen LogP contribution in [0.25, 0.3) is 0 Å². The molecule has 1 aromatic carbocycles. The van der Waals surface area contributed by atoms with Crippen molar-refractivity contribution in [2.75, 3.05) is 23.3 Å². The zero-order valence-electron chi connectivity index (χ0n) is 12.6. The molecule has 0 atom stereocenters. The number of aromatic nitrogens is 2. The summed E-state index contributed by atoms with van der Waals surface area (Å²) in [5, 5.41) is 15.0. The summed E-state index contributed by atoms with van der Waals surface area (Å²) < 4.78 is 0. The molecular weight excluding hydrogens is 341 g/mol. The molecule has 0 saturated carbocycles. The van der Waals surface area contributed by atoms with Crippen molar-refractivity contribution in [1.29, 1.82) is 0 Å². The highest BCUT2D eigenvalue weighted by atomic mass is 35.5. The third-order valence-corrected chi connectivity index (χ3v) is 4.07. The van der Waals surface area contributed by atoms with Gasteiger partial charge in [-0.3, -0.25) is 10.1 Å². The van der Waals surface area contributed by atoms with E-state index in [-0.39, 0.29) is 22.3 Å². The largest absolute Gasteiger partial charge is 0.353 e. The summed E-state index contributed by atoms with van der Waals surface area (Å²) in [6.07, 6.45) is 1.28. The van der Waals surface area contributed by atoms with Crippen LogP contribution in [0.3, 0.4) is 0 Å². The summed E-state index contributed by atoms with van der Waals surface area (Å²) in [5.41, 5.74) is 0.235. The highest BCUT2D eigenvalue weighted by Gasteiger charge is 2.26. The van der Waals surface area contributed by atoms with Crippen molar-refractivity contribution in [2.45, 2.75) is 13.8 Å². The highest BCUT2D eigenvalue weighted by molar-refractivity contribution is 6.43. The normalized spacial score (nSPS) is 10.4. The van der Waals surface area contributed by atoms with Gasteiger partial charge in [0.05, 0.1) is 20.7 Å². The first kappa shape index (κ1) is 17.2. The maximum absolute atomic E-state index is 11.5. The van der Waals surface area contributed by atoms with Crippen molar-refractivity contribution in [1.82, 2.24) is 9.97 Å². The van der Waals surface area contributed by atoms with Crippen molar-refractivity contribution in [2.24, 2.45) is 0 Å². The molecule has 2 aromatic rings. The Kier molecular flexibility index (Phi) is 5.57. The molecule has 1 aromatic heterocycles. The van der Waals surface area contributed by atoms with Crippen molar-refractivity contribution in [3.63, 3.8) is 0 Å². The van der Waals surface area contributed by atoms with E-state index >= 15 is 0 Å². The van der Waals surface area contributed by atoms with Gasteiger partial charge < -0.3 is 10.2 Å². The molecule has 0 aliphatic heterocycles. The zero-order valence-corrected chi connectivity index (χ0v) is 14.1. The molecule has 0 unspecified atom stereocenters. The Morgan fingerprint density at radius 3 is 2.57 bits per heavy atom. The second kappa shape index (κ2) is 7.43. The van der Waals surface area contributed by atoms with Crippen molar-refractivity contribution < 1.29 is 4.92 Å². The smallest absolute Gasteiger partial charge is 0.351 e. The Balaban J connectivity index is 2.52. The molecule has 0 spiro atoms. The topological polar surface area (TPSA) is 84.2 Å². The monoisotopic (exact) mass is 355 g/mol. The van der Waals surface area contributed by atoms with E-state index in [2.05, 4.69) is 15.3 Å². The first-order valence-corrected chi connectivity index (χ1v) is 7.70. The molecule has 0 aliphatic carbocycles. The van der Waals surface area contributed by atoms with Gasteiger partial charge in [0.2, 0.25) is 11.6 Å². The van der Waals surface area contributed by atoms with E-state index in [4.69, 9.17) is 23.2 Å². The van der Waals surface area contributed by atoms with E-state index in [0.29, 0.717) is 23.8 Å². The summed E-state index contributed by atoms with van der Waals surface area (Å²) in [5.74, 6) is 0.326. The minimum Gasteiger partial charge on any atom is -0.351 e. The Hall–Kier alpha value is -2.12. The van der Waals surface area contributed by atoms with Gasteiger partial charge in [0.1, 0.15) is 6.33 Å². The minimum atomic E-state index is -0.506. The fourth-order valence-electron chi connectivity index (χ4n) is 2.11. The van der Waals surface area contributed by atoms with Crippen LogP contribution in [-0.4, -0.2) is 28.0 Å². The fourth-order valence-corrected chi connectivity index (χ4v) is 2.46. The number of nitro groups is 1. The van der Waals surface area contributed by atoms with Crippen LogP contribution in [0.5, 0.6) is 0 Å². The maximum Gasteiger partial charge on any atom is 0.353 e. The Morgan fingerprint density at radius 2 is 1.96 bits per heavy atom. The van der Waals surface area contributed by atoms with Gasteiger partial charge in [-0.25, -0.2) is 9.97 Å². The third kappa shape index (κ3) is 3.62. The predicted molar refractivity (Wildman–Crippen MR) is 92.0 cm³/mol. The number of nitrogens with one attached hydrogen (secondary N) is 1. The second-order valence-corrected chi connectivity index (χ2v) is 5.34. The number of hydrogen-bond donors (Lipinski definition) is 1. The van der Waals surface area contributed by atoms with Gasteiger partial charge in [-0.15, -0.1) is 0 Å². The fraction of sp³-hybridized carbons (Fsp3) is 0.286. The summed E-state index contributed by atoms with van der Waals surface area (Å²) >= 11 is 12.1. The van der Waals surface area contributed by atoms with Crippen LogP contribution in [0.15, 0.2) is 24.5 Å². The number of nitrogens with zero attached hydrogens (tertiary/aromatic N) is 4. The lowest BCUT2D eigenvalue weighted by molar-refractivity contribution is -0.383. The zero-order chi connectivity index (χ0) is 17.0. The molecule has 0 saturated heterocycles. The van der Waals surface area contributed by atoms with Gasteiger partial charge in [-0.05, 0) is 26.0 Å². The summed E-state index contributed by atoms with van der Waals surface area (Å²) in [4.78, 5) is 20.8. The van der Waals surface area contributed by atoms with E-state index < -0.39 is 4.92 Å². The molecule has 0 fully saturated rings. The summed E-state index contributed by atoms with van der Waals surface area (Å²) in [6, 6.07) is 4.98. The van der Waals surface area contributed by atoms with Gasteiger partial charge in [-0.1, -0.05) is 29.3 Å². The third-order valence-electron chi connectivity index (χ3n) is 3.25. The molecule has 2 rings (SSSR count). The number of anilines is 3. The average Bonchev–Trinajstić information content (AvgIpc) is 2.53. The highest BCUT2D eigenvalue weighted by Crippen LogP contribution is 2.36. The molecule has 0 amide bonds. The second-order valence-electron chi connectivity index (χ2n) is 4.55. The molecule has 1 heterocycles. The van der Waals surface area contributed by atoms with Crippen LogP contribution >= 0.6 is 23.2 Å². The summed E-state index contributed by atoms with van der Waals surface area (Å²) in [6.45, 7) is 4.98. The molecule has 23 heavy (non-hydrogen) atoms. The minimum absolute atomic E-state index is 0.0658. The lowest BCUT2D eigenvalue weighted by atomic mass is 10.3. The molecule has 0 bridgehead atoms. The lowest BCUT2D eigenvalue weighted by Crippen LogP contribution is -2.24. The van der Waals surface area contributed by atoms with E-state index in [9.17, 15) is 10.1 Å². The first-order valence-electron chi connectivity index (χ1n) is 6.94. The number of hydrogen-bond acceptors (Lipinski definition) is 6.